The van der Waals surface area contributed by atoms with E-state index < -0.39 is 22.7 Å². The second-order valence-electron chi connectivity index (χ2n) is 3.20. The molecular weight excluding hydrogens is 379 g/mol. The Hall–Kier alpha value is 0.170. The summed E-state index contributed by atoms with van der Waals surface area (Å²) in [5.41, 5.74) is 0. The number of alkyl halides is 4. The summed E-state index contributed by atoms with van der Waals surface area (Å²) in [5.74, 6) is -0.206. The molecular formula is C8H8BrClF3NO2S2. The number of hydrogen-bond donors (Lipinski definition) is 0. The minimum Gasteiger partial charge on any atom is -0.206 e. The van der Waals surface area contributed by atoms with Crippen molar-refractivity contribution in [3.8, 4) is 0 Å². The van der Waals surface area contributed by atoms with Gasteiger partial charge in [0.25, 0.3) is 10.0 Å². The van der Waals surface area contributed by atoms with E-state index in [0.717, 1.165) is 11.3 Å². The molecule has 3 nitrogen and oxygen atoms in total. The van der Waals surface area contributed by atoms with Gasteiger partial charge in [0.2, 0.25) is 0 Å². The standard InChI is InChI=1S/C8H8BrClF3NO2S2/c9-6-1-2-7(17-6)18(15,16)14(4-3-10)5-8(11,12)13/h1-2H,3-5H2. The largest absolute Gasteiger partial charge is 0.402 e. The second kappa shape index (κ2) is 6.08. The summed E-state index contributed by atoms with van der Waals surface area (Å²) in [5, 5.41) is 0. The fourth-order valence-electron chi connectivity index (χ4n) is 1.14. The minimum atomic E-state index is -4.60. The van der Waals surface area contributed by atoms with Gasteiger partial charge in [-0.1, -0.05) is 0 Å². The summed E-state index contributed by atoms with van der Waals surface area (Å²) >= 11 is 9.26. The number of thiophene rings is 1. The van der Waals surface area contributed by atoms with Gasteiger partial charge in [-0.25, -0.2) is 8.42 Å². The van der Waals surface area contributed by atoms with E-state index in [1.807, 2.05) is 0 Å². The molecule has 0 aliphatic heterocycles. The molecule has 0 aliphatic rings. The van der Waals surface area contributed by atoms with Crippen molar-refractivity contribution in [3.63, 3.8) is 0 Å². The molecule has 0 bridgehead atoms. The molecule has 0 atom stereocenters. The zero-order valence-corrected chi connectivity index (χ0v) is 12.7. The zero-order valence-electron chi connectivity index (χ0n) is 8.75. The van der Waals surface area contributed by atoms with Crippen molar-refractivity contribution in [1.29, 1.82) is 0 Å². The van der Waals surface area contributed by atoms with E-state index >= 15 is 0 Å². The number of rotatable bonds is 5. The highest BCUT2D eigenvalue weighted by Crippen LogP contribution is 2.30. The molecule has 0 saturated carbocycles. The Balaban J connectivity index is 3.04. The highest BCUT2D eigenvalue weighted by atomic mass is 79.9. The van der Waals surface area contributed by atoms with Gasteiger partial charge >= 0.3 is 6.18 Å². The Morgan fingerprint density at radius 2 is 2.00 bits per heavy atom. The smallest absolute Gasteiger partial charge is 0.206 e. The predicted octanol–water partition coefficient (Wildman–Crippen LogP) is 3.30. The van der Waals surface area contributed by atoms with Crippen LogP contribution in [0.2, 0.25) is 0 Å². The molecule has 0 unspecified atom stereocenters. The third-order valence-corrected chi connectivity index (χ3v) is 5.94. The van der Waals surface area contributed by atoms with Gasteiger partial charge in [-0.2, -0.15) is 17.5 Å². The van der Waals surface area contributed by atoms with Crippen LogP contribution in [-0.4, -0.2) is 37.9 Å². The first-order valence-corrected chi connectivity index (χ1v) is 8.13. The summed E-state index contributed by atoms with van der Waals surface area (Å²) in [6.07, 6.45) is -4.60. The lowest BCUT2D eigenvalue weighted by Gasteiger charge is -2.21. The average Bonchev–Trinajstić information content (AvgIpc) is 2.63. The van der Waals surface area contributed by atoms with Crippen LogP contribution in [0.25, 0.3) is 0 Å². The van der Waals surface area contributed by atoms with Crippen LogP contribution in [0.1, 0.15) is 0 Å². The normalized spacial score (nSPS) is 13.2. The van der Waals surface area contributed by atoms with Gasteiger partial charge in [-0.05, 0) is 28.1 Å². The lowest BCUT2D eigenvalue weighted by Crippen LogP contribution is -2.39. The van der Waals surface area contributed by atoms with Crippen molar-refractivity contribution in [3.05, 3.63) is 15.9 Å². The topological polar surface area (TPSA) is 37.4 Å². The molecule has 0 saturated heterocycles. The third kappa shape index (κ3) is 4.37. The summed E-state index contributed by atoms with van der Waals surface area (Å²) in [4.78, 5) is 0. The molecule has 0 fully saturated rings. The molecule has 0 spiro atoms. The average molecular weight is 387 g/mol. The molecule has 104 valence electrons. The van der Waals surface area contributed by atoms with Crippen LogP contribution in [-0.2, 0) is 10.0 Å². The van der Waals surface area contributed by atoms with E-state index in [1.54, 1.807) is 0 Å². The van der Waals surface area contributed by atoms with Gasteiger partial charge in [-0.3, -0.25) is 0 Å². The van der Waals surface area contributed by atoms with Crippen LogP contribution in [0.15, 0.2) is 20.1 Å². The van der Waals surface area contributed by atoms with Gasteiger partial charge in [0.15, 0.2) is 0 Å². The predicted molar refractivity (Wildman–Crippen MR) is 67.6 cm³/mol. The van der Waals surface area contributed by atoms with Gasteiger partial charge in [0, 0.05) is 12.4 Å². The van der Waals surface area contributed by atoms with E-state index in [9.17, 15) is 21.6 Å². The maximum absolute atomic E-state index is 12.3. The Kier molecular flexibility index (Phi) is 5.48. The summed E-state index contributed by atoms with van der Waals surface area (Å²) in [6, 6.07) is 2.71. The van der Waals surface area contributed by atoms with Crippen LogP contribution in [0.4, 0.5) is 13.2 Å². The molecule has 1 heterocycles. The third-order valence-electron chi connectivity index (χ3n) is 1.83. The molecule has 1 rings (SSSR count). The lowest BCUT2D eigenvalue weighted by atomic mass is 10.6. The zero-order chi connectivity index (χ0) is 14.0. The van der Waals surface area contributed by atoms with E-state index in [-0.39, 0.29) is 16.6 Å². The Morgan fingerprint density at radius 3 is 2.39 bits per heavy atom. The second-order valence-corrected chi connectivity index (χ2v) is 8.21. The molecule has 10 heteroatoms. The van der Waals surface area contributed by atoms with Crippen molar-refractivity contribution >= 4 is 48.9 Å². The molecule has 18 heavy (non-hydrogen) atoms. The van der Waals surface area contributed by atoms with E-state index in [1.165, 1.54) is 12.1 Å². The van der Waals surface area contributed by atoms with Crippen molar-refractivity contribution in [1.82, 2.24) is 4.31 Å². The van der Waals surface area contributed by atoms with Gasteiger partial charge < -0.3 is 0 Å². The number of hydrogen-bond acceptors (Lipinski definition) is 3. The Morgan fingerprint density at radius 1 is 1.39 bits per heavy atom. The quantitative estimate of drug-likeness (QED) is 0.728. The molecule has 1 aromatic heterocycles. The molecule has 0 radical (unpaired) electrons. The molecule has 0 aliphatic carbocycles. The van der Waals surface area contributed by atoms with Crippen molar-refractivity contribution in [2.75, 3.05) is 19.0 Å². The number of sulfonamides is 1. The highest BCUT2D eigenvalue weighted by Gasteiger charge is 2.37. The maximum atomic E-state index is 12.3. The Labute approximate surface area is 120 Å². The number of nitrogens with zero attached hydrogens (tertiary/aromatic N) is 1. The van der Waals surface area contributed by atoms with Crippen LogP contribution < -0.4 is 0 Å². The first-order valence-electron chi connectivity index (χ1n) is 4.55. The number of halogens is 5. The molecule has 0 N–H and O–H groups in total. The van der Waals surface area contributed by atoms with Crippen molar-refractivity contribution < 1.29 is 21.6 Å². The van der Waals surface area contributed by atoms with Crippen molar-refractivity contribution in [2.24, 2.45) is 0 Å². The highest BCUT2D eigenvalue weighted by molar-refractivity contribution is 9.11. The molecule has 1 aromatic rings. The molecule has 0 aromatic carbocycles. The van der Waals surface area contributed by atoms with E-state index in [2.05, 4.69) is 15.9 Å². The van der Waals surface area contributed by atoms with Gasteiger partial charge in [0.05, 0.1) is 3.79 Å². The first kappa shape index (κ1) is 16.2. The molecule has 0 amide bonds. The maximum Gasteiger partial charge on any atom is 0.402 e. The first-order chi connectivity index (χ1) is 8.16. The minimum absolute atomic E-state index is 0.149. The van der Waals surface area contributed by atoms with E-state index in [4.69, 9.17) is 11.6 Å². The Bertz CT molecular complexity index is 503. The SMILES string of the molecule is O=S(=O)(c1ccc(Br)s1)N(CCCl)CC(F)(F)F. The van der Waals surface area contributed by atoms with Crippen LogP contribution in [0, 0.1) is 0 Å². The summed E-state index contributed by atoms with van der Waals surface area (Å²) < 4.78 is 61.6. The fraction of sp³-hybridized carbons (Fsp3) is 0.500. The monoisotopic (exact) mass is 385 g/mol. The fourth-order valence-corrected chi connectivity index (χ4v) is 5.04. The van der Waals surface area contributed by atoms with E-state index in [0.29, 0.717) is 8.09 Å². The van der Waals surface area contributed by atoms with Gasteiger partial charge in [0.1, 0.15) is 10.8 Å². The lowest BCUT2D eigenvalue weighted by molar-refractivity contribution is -0.135. The summed E-state index contributed by atoms with van der Waals surface area (Å²) in [7, 11) is -4.16. The van der Waals surface area contributed by atoms with Crippen molar-refractivity contribution in [2.45, 2.75) is 10.4 Å². The van der Waals surface area contributed by atoms with Crippen LogP contribution in [0.5, 0.6) is 0 Å². The summed E-state index contributed by atoms with van der Waals surface area (Å²) in [6.45, 7) is -1.93. The van der Waals surface area contributed by atoms with Crippen LogP contribution >= 0.6 is 38.9 Å². The van der Waals surface area contributed by atoms with Crippen LogP contribution in [0.3, 0.4) is 0 Å². The van der Waals surface area contributed by atoms with Gasteiger partial charge in [-0.15, -0.1) is 22.9 Å².